The first kappa shape index (κ1) is 17.9. The predicted octanol–water partition coefficient (Wildman–Crippen LogP) is 3.81. The highest BCUT2D eigenvalue weighted by molar-refractivity contribution is 5.80. The Morgan fingerprint density at radius 1 is 1.25 bits per heavy atom. The summed E-state index contributed by atoms with van der Waals surface area (Å²) in [5.74, 6) is -0.143. The second-order valence-corrected chi connectivity index (χ2v) is 9.02. The zero-order valence-electron chi connectivity index (χ0n) is 16.3. The Balaban J connectivity index is 1.45. The Morgan fingerprint density at radius 3 is 2.79 bits per heavy atom. The maximum Gasteiger partial charge on any atom is 0.314 e. The molecule has 3 aliphatic rings. The van der Waals surface area contributed by atoms with Gasteiger partial charge in [0.25, 0.3) is 0 Å². The number of carbonyl (C=O) groups is 1. The van der Waals surface area contributed by atoms with Crippen LogP contribution in [0, 0.1) is 5.41 Å². The van der Waals surface area contributed by atoms with Crippen LogP contribution >= 0.6 is 0 Å². The van der Waals surface area contributed by atoms with E-state index in [0.29, 0.717) is 13.0 Å². The largest absolute Gasteiger partial charge is 0.460 e. The van der Waals surface area contributed by atoms with E-state index in [1.54, 1.807) is 0 Å². The summed E-state index contributed by atoms with van der Waals surface area (Å²) in [7, 11) is 0. The Kier molecular flexibility index (Phi) is 4.11. The van der Waals surface area contributed by atoms with Gasteiger partial charge >= 0.3 is 5.97 Å². The molecule has 0 amide bonds. The van der Waals surface area contributed by atoms with Gasteiger partial charge in [0, 0.05) is 6.04 Å². The van der Waals surface area contributed by atoms with Gasteiger partial charge in [0.1, 0.15) is 12.7 Å². The van der Waals surface area contributed by atoms with Crippen molar-refractivity contribution in [3.05, 3.63) is 70.8 Å². The number of esters is 1. The van der Waals surface area contributed by atoms with Crippen LogP contribution in [0.15, 0.2) is 48.5 Å². The molecule has 2 aromatic carbocycles. The zero-order chi connectivity index (χ0) is 19.4. The molecule has 4 atom stereocenters. The summed E-state index contributed by atoms with van der Waals surface area (Å²) >= 11 is 0. The van der Waals surface area contributed by atoms with Crippen LogP contribution in [0.5, 0.6) is 0 Å². The number of hydrogen-bond acceptors (Lipinski definition) is 4. The van der Waals surface area contributed by atoms with E-state index < -0.39 is 5.41 Å². The van der Waals surface area contributed by atoms with Crippen molar-refractivity contribution in [3.8, 4) is 0 Å². The molecule has 0 radical (unpaired) electrons. The Labute approximate surface area is 166 Å². The van der Waals surface area contributed by atoms with Crippen LogP contribution in [0.3, 0.4) is 0 Å². The van der Waals surface area contributed by atoms with E-state index in [4.69, 9.17) is 15.2 Å². The van der Waals surface area contributed by atoms with Gasteiger partial charge in [0.05, 0.1) is 12.0 Å². The minimum atomic E-state index is -0.633. The number of benzene rings is 2. The minimum Gasteiger partial charge on any atom is -0.460 e. The smallest absolute Gasteiger partial charge is 0.314 e. The molecule has 0 aromatic heterocycles. The van der Waals surface area contributed by atoms with Crippen LogP contribution in [0.4, 0.5) is 0 Å². The summed E-state index contributed by atoms with van der Waals surface area (Å²) in [6.45, 7) is 3.40. The van der Waals surface area contributed by atoms with Crippen molar-refractivity contribution >= 4 is 5.97 Å². The van der Waals surface area contributed by atoms with E-state index in [1.165, 1.54) is 16.7 Å². The first-order valence-corrected chi connectivity index (χ1v) is 10.2. The molecule has 4 nitrogen and oxygen atoms in total. The van der Waals surface area contributed by atoms with Gasteiger partial charge in [-0.25, -0.2) is 0 Å². The van der Waals surface area contributed by atoms with Crippen molar-refractivity contribution in [2.45, 2.75) is 56.8 Å². The lowest BCUT2D eigenvalue weighted by atomic mass is 9.52. The summed E-state index contributed by atoms with van der Waals surface area (Å²) < 4.78 is 11.3. The quantitative estimate of drug-likeness (QED) is 0.650. The van der Waals surface area contributed by atoms with Crippen molar-refractivity contribution in [2.24, 2.45) is 11.1 Å². The molecule has 146 valence electrons. The van der Waals surface area contributed by atoms with E-state index in [0.717, 1.165) is 31.4 Å². The highest BCUT2D eigenvalue weighted by Gasteiger charge is 2.57. The van der Waals surface area contributed by atoms with Crippen molar-refractivity contribution in [1.82, 2.24) is 0 Å². The van der Waals surface area contributed by atoms with Crippen molar-refractivity contribution in [1.29, 1.82) is 0 Å². The maximum absolute atomic E-state index is 13.3. The summed E-state index contributed by atoms with van der Waals surface area (Å²) in [6.07, 6.45) is 3.53. The number of ether oxygens (including phenoxy) is 2. The number of carbonyl (C=O) groups excluding carboxylic acids is 1. The standard InChI is InChI=1S/C24H27NO3/c1-23-10-9-21(25)24(15-23,22(26)28-13-16-5-3-2-4-6-16)12-18-8-7-17(11-19(18)23)20-14-27-20/h2-8,11,20-21H,9-10,12-15,25H2,1H3. The monoisotopic (exact) mass is 377 g/mol. The van der Waals surface area contributed by atoms with Crippen LogP contribution < -0.4 is 5.73 Å². The molecular weight excluding hydrogens is 350 g/mol. The van der Waals surface area contributed by atoms with Gasteiger partial charge in [-0.15, -0.1) is 0 Å². The fourth-order valence-corrected chi connectivity index (χ4v) is 5.34. The Hall–Kier alpha value is -2.17. The zero-order valence-corrected chi connectivity index (χ0v) is 16.3. The molecule has 2 aliphatic carbocycles. The van der Waals surface area contributed by atoms with E-state index in [9.17, 15) is 4.79 Å². The van der Waals surface area contributed by atoms with E-state index in [2.05, 4.69) is 25.1 Å². The summed E-state index contributed by atoms with van der Waals surface area (Å²) in [5, 5.41) is 0. The maximum atomic E-state index is 13.3. The molecule has 28 heavy (non-hydrogen) atoms. The second-order valence-electron chi connectivity index (χ2n) is 9.02. The van der Waals surface area contributed by atoms with E-state index in [-0.39, 0.29) is 23.5 Å². The van der Waals surface area contributed by atoms with Gasteiger partial charge in [-0.2, -0.15) is 0 Å². The van der Waals surface area contributed by atoms with Gasteiger partial charge in [-0.1, -0.05) is 55.5 Å². The molecule has 1 aliphatic heterocycles. The van der Waals surface area contributed by atoms with Crippen LogP contribution in [-0.2, 0) is 32.7 Å². The number of epoxide rings is 1. The molecule has 2 aromatic rings. The lowest BCUT2D eigenvalue weighted by molar-refractivity contribution is -0.163. The van der Waals surface area contributed by atoms with Crippen molar-refractivity contribution in [2.75, 3.05) is 6.61 Å². The molecule has 5 rings (SSSR count). The number of hydrogen-bond donors (Lipinski definition) is 1. The molecular formula is C24H27NO3. The molecule has 1 saturated carbocycles. The third-order valence-corrected chi connectivity index (χ3v) is 7.04. The van der Waals surface area contributed by atoms with Gasteiger partial charge in [-0.3, -0.25) is 4.79 Å². The van der Waals surface area contributed by atoms with Gasteiger partial charge in [-0.05, 0) is 53.4 Å². The third kappa shape index (κ3) is 2.87. The molecule has 4 heteroatoms. The molecule has 4 unspecified atom stereocenters. The molecule has 2 fully saturated rings. The fourth-order valence-electron chi connectivity index (χ4n) is 5.34. The number of rotatable bonds is 4. The van der Waals surface area contributed by atoms with Crippen LogP contribution in [0.2, 0.25) is 0 Å². The Morgan fingerprint density at radius 2 is 2.04 bits per heavy atom. The molecule has 2 bridgehead atoms. The van der Waals surface area contributed by atoms with E-state index in [1.807, 2.05) is 30.3 Å². The molecule has 0 spiro atoms. The SMILES string of the molecule is CC12CCC(N)C(C(=O)OCc3ccccc3)(Cc3ccc(C4CO4)cc31)C2. The van der Waals surface area contributed by atoms with Crippen molar-refractivity contribution in [3.63, 3.8) is 0 Å². The molecule has 1 saturated heterocycles. The highest BCUT2D eigenvalue weighted by Crippen LogP contribution is 2.55. The fraction of sp³-hybridized carbons (Fsp3) is 0.458. The van der Waals surface area contributed by atoms with Crippen LogP contribution in [-0.4, -0.2) is 18.6 Å². The average molecular weight is 377 g/mol. The lowest BCUT2D eigenvalue weighted by Crippen LogP contribution is -2.59. The topological polar surface area (TPSA) is 64.9 Å². The summed E-state index contributed by atoms with van der Waals surface area (Å²) in [6, 6.07) is 16.3. The predicted molar refractivity (Wildman–Crippen MR) is 107 cm³/mol. The van der Waals surface area contributed by atoms with Crippen LogP contribution in [0.25, 0.3) is 0 Å². The summed E-state index contributed by atoms with van der Waals surface area (Å²) in [4.78, 5) is 13.3. The van der Waals surface area contributed by atoms with Gasteiger partial charge in [0.15, 0.2) is 0 Å². The number of fused-ring (bicyclic) bond motifs is 4. The third-order valence-electron chi connectivity index (χ3n) is 7.04. The lowest BCUT2D eigenvalue weighted by Gasteiger charge is -2.53. The minimum absolute atomic E-state index is 0.0415. The normalized spacial score (nSPS) is 33.1. The first-order chi connectivity index (χ1) is 13.5. The average Bonchev–Trinajstić information content (AvgIpc) is 3.55. The molecule has 1 heterocycles. The summed E-state index contributed by atoms with van der Waals surface area (Å²) in [5.41, 5.74) is 10.8. The van der Waals surface area contributed by atoms with Gasteiger partial charge < -0.3 is 15.2 Å². The molecule has 2 N–H and O–H groups in total. The van der Waals surface area contributed by atoms with Crippen LogP contribution in [0.1, 0.15) is 54.5 Å². The number of nitrogens with two attached hydrogens (primary N) is 1. The van der Waals surface area contributed by atoms with Crippen molar-refractivity contribution < 1.29 is 14.3 Å². The first-order valence-electron chi connectivity index (χ1n) is 10.2. The Bertz CT molecular complexity index is 907. The highest BCUT2D eigenvalue weighted by atomic mass is 16.6. The second kappa shape index (κ2) is 6.43. The van der Waals surface area contributed by atoms with E-state index >= 15 is 0 Å². The van der Waals surface area contributed by atoms with Gasteiger partial charge in [0.2, 0.25) is 0 Å².